The largest absolute Gasteiger partial charge is 0.493 e. The van der Waals surface area contributed by atoms with Crippen LogP contribution in [0.25, 0.3) is 11.3 Å². The second-order valence-corrected chi connectivity index (χ2v) is 11.3. The van der Waals surface area contributed by atoms with Crippen molar-refractivity contribution in [1.29, 1.82) is 0 Å². The maximum Gasteiger partial charge on any atom is 0.276 e. The zero-order valence-corrected chi connectivity index (χ0v) is 23.4. The first-order chi connectivity index (χ1) is 20.1. The van der Waals surface area contributed by atoms with Gasteiger partial charge in [0.2, 0.25) is 5.91 Å². The maximum absolute atomic E-state index is 15.3. The third kappa shape index (κ3) is 4.78. The second-order valence-electron chi connectivity index (χ2n) is 11.3. The molecule has 1 aromatic carbocycles. The average Bonchev–Trinajstić information content (AvgIpc) is 3.37. The van der Waals surface area contributed by atoms with Crippen LogP contribution in [0.5, 0.6) is 5.75 Å². The molecule has 2 atom stereocenters. The number of carbonyl (C=O) groups excluding carboxylic acids is 2. The summed E-state index contributed by atoms with van der Waals surface area (Å²) in [6.07, 6.45) is 2.83. The fourth-order valence-corrected chi connectivity index (χ4v) is 5.73. The van der Waals surface area contributed by atoms with Gasteiger partial charge in [0.1, 0.15) is 29.0 Å². The van der Waals surface area contributed by atoms with E-state index in [2.05, 4.69) is 36.1 Å². The summed E-state index contributed by atoms with van der Waals surface area (Å²) >= 11 is 0. The third-order valence-electron chi connectivity index (χ3n) is 8.03. The van der Waals surface area contributed by atoms with Crippen LogP contribution in [-0.2, 0) is 4.79 Å². The number of aromatic amines is 1. The highest BCUT2D eigenvalue weighted by atomic mass is 19.1. The lowest BCUT2D eigenvalue weighted by Crippen LogP contribution is -2.52. The molecule has 11 nitrogen and oxygen atoms in total. The molecule has 0 saturated heterocycles. The summed E-state index contributed by atoms with van der Waals surface area (Å²) in [6, 6.07) is 4.15. The molecule has 2 aliphatic rings. The predicted molar refractivity (Wildman–Crippen MR) is 146 cm³/mol. The first-order valence-corrected chi connectivity index (χ1v) is 13.6. The molecule has 1 saturated carbocycles. The van der Waals surface area contributed by atoms with Gasteiger partial charge in [-0.15, -0.1) is 0 Å². The number of benzene rings is 1. The molecule has 4 aromatic rings. The van der Waals surface area contributed by atoms with Crippen LogP contribution in [0.2, 0.25) is 0 Å². The number of anilines is 1. The monoisotopic (exact) mass is 577 g/mol. The van der Waals surface area contributed by atoms with Crippen LogP contribution in [-0.4, -0.2) is 50.0 Å². The van der Waals surface area contributed by atoms with E-state index in [-0.39, 0.29) is 29.6 Å². The van der Waals surface area contributed by atoms with Crippen molar-refractivity contribution in [2.75, 3.05) is 11.9 Å². The van der Waals surface area contributed by atoms with Gasteiger partial charge in [0.05, 0.1) is 24.2 Å². The van der Waals surface area contributed by atoms with E-state index in [0.717, 1.165) is 12.8 Å². The maximum atomic E-state index is 15.3. The Morgan fingerprint density at radius 1 is 1.14 bits per heavy atom. The lowest BCUT2D eigenvalue weighted by atomic mass is 9.75. The van der Waals surface area contributed by atoms with E-state index >= 15 is 4.39 Å². The number of carbonyl (C=O) groups is 2. The minimum atomic E-state index is -1.16. The molecule has 1 fully saturated rings. The van der Waals surface area contributed by atoms with Crippen molar-refractivity contribution in [1.82, 2.24) is 30.8 Å². The third-order valence-corrected chi connectivity index (χ3v) is 8.03. The van der Waals surface area contributed by atoms with E-state index in [9.17, 15) is 14.0 Å². The summed E-state index contributed by atoms with van der Waals surface area (Å²) in [5, 5.41) is 20.1. The van der Waals surface area contributed by atoms with E-state index in [1.165, 1.54) is 24.4 Å². The molecule has 3 N–H and O–H groups in total. The number of hydrogen-bond acceptors (Lipinski definition) is 8. The van der Waals surface area contributed by atoms with Gasteiger partial charge in [0.15, 0.2) is 11.5 Å². The Morgan fingerprint density at radius 3 is 2.60 bits per heavy atom. The molecule has 1 aliphatic carbocycles. The number of aromatic nitrogens is 5. The fourth-order valence-electron chi connectivity index (χ4n) is 5.73. The predicted octanol–water partition coefficient (Wildman–Crippen LogP) is 4.57. The first kappa shape index (κ1) is 27.5. The Hall–Kier alpha value is -4.68. The summed E-state index contributed by atoms with van der Waals surface area (Å²) in [6.45, 7) is 7.43. The average molecular weight is 578 g/mol. The molecule has 1 aliphatic heterocycles. The minimum Gasteiger partial charge on any atom is -0.493 e. The van der Waals surface area contributed by atoms with Gasteiger partial charge >= 0.3 is 0 Å². The van der Waals surface area contributed by atoms with Crippen LogP contribution in [0.3, 0.4) is 0 Å². The van der Waals surface area contributed by atoms with Crippen LogP contribution in [0.15, 0.2) is 35.1 Å². The molecular formula is C29H29F2N7O4. The summed E-state index contributed by atoms with van der Waals surface area (Å²) in [5.41, 5.74) is 2.42. The molecule has 0 radical (unpaired) electrons. The summed E-state index contributed by atoms with van der Waals surface area (Å²) in [5.74, 6) is -2.83. The number of H-pyrrole nitrogens is 1. The van der Waals surface area contributed by atoms with Crippen molar-refractivity contribution in [3.63, 3.8) is 0 Å². The number of hydrogen-bond donors (Lipinski definition) is 3. The number of rotatable bonds is 7. The molecular weight excluding hydrogens is 548 g/mol. The molecule has 1 unspecified atom stereocenters. The molecule has 1 spiro atoms. The second kappa shape index (κ2) is 10.3. The van der Waals surface area contributed by atoms with Crippen molar-refractivity contribution < 1.29 is 27.7 Å². The Bertz CT molecular complexity index is 1680. The number of aryl methyl sites for hydroxylation is 2. The molecule has 3 aromatic heterocycles. The lowest BCUT2D eigenvalue weighted by Gasteiger charge is -2.38. The topological polar surface area (TPSA) is 148 Å². The standard InChI is InChI=1S/C29H29F2N7O4/c1-13(2)23-26(38-42-37-23)28(40)34-25(22-18-6-5-16(30)9-20(18)41-12-29(22)7-8-29)27(39)33-17-10-19(31)24(32-11-17)21-14(3)35-36-15(21)4/h5-6,9-11,13,22,25H,7-8,12H2,1-4H3,(H,33,39)(H,34,40)(H,35,36)/t22?,25-/m0/s1. The minimum absolute atomic E-state index is 0.0399. The Morgan fingerprint density at radius 2 is 1.93 bits per heavy atom. The number of amides is 2. The SMILES string of the molecule is Cc1n[nH]c(C)c1-c1ncc(NC(=O)[C@@H](NC(=O)c2nonc2C(C)C)C2c3ccc(F)cc3OCC23CC3)cc1F. The molecule has 4 heterocycles. The summed E-state index contributed by atoms with van der Waals surface area (Å²) in [4.78, 5) is 31.8. The highest BCUT2D eigenvalue weighted by Crippen LogP contribution is 2.61. The number of nitrogens with one attached hydrogen (secondary N) is 3. The van der Waals surface area contributed by atoms with Gasteiger partial charge in [-0.3, -0.25) is 19.7 Å². The summed E-state index contributed by atoms with van der Waals surface area (Å²) < 4.78 is 40.1. The van der Waals surface area contributed by atoms with E-state index in [1.807, 2.05) is 13.8 Å². The van der Waals surface area contributed by atoms with E-state index < -0.39 is 40.8 Å². The Balaban J connectivity index is 1.36. The Labute approximate surface area is 239 Å². The van der Waals surface area contributed by atoms with Gasteiger partial charge in [-0.2, -0.15) is 5.10 Å². The number of nitrogens with zero attached hydrogens (tertiary/aromatic N) is 4. The highest BCUT2D eigenvalue weighted by Gasteiger charge is 2.58. The van der Waals surface area contributed by atoms with Gasteiger partial charge in [-0.25, -0.2) is 13.4 Å². The highest BCUT2D eigenvalue weighted by molar-refractivity contribution is 6.01. The number of pyridine rings is 1. The zero-order valence-electron chi connectivity index (χ0n) is 23.4. The van der Waals surface area contributed by atoms with E-state index in [0.29, 0.717) is 34.0 Å². The molecule has 13 heteroatoms. The van der Waals surface area contributed by atoms with E-state index in [1.54, 1.807) is 19.9 Å². The Kier molecular flexibility index (Phi) is 6.74. The lowest BCUT2D eigenvalue weighted by molar-refractivity contribution is -0.119. The van der Waals surface area contributed by atoms with Crippen molar-refractivity contribution >= 4 is 17.5 Å². The van der Waals surface area contributed by atoms with Crippen LogP contribution in [0, 0.1) is 30.9 Å². The molecule has 42 heavy (non-hydrogen) atoms. The van der Waals surface area contributed by atoms with Crippen molar-refractivity contribution in [2.45, 2.75) is 58.4 Å². The number of fused-ring (bicyclic) bond motifs is 1. The summed E-state index contributed by atoms with van der Waals surface area (Å²) in [7, 11) is 0. The molecule has 2 amide bonds. The van der Waals surface area contributed by atoms with Crippen LogP contribution < -0.4 is 15.4 Å². The smallest absolute Gasteiger partial charge is 0.276 e. The van der Waals surface area contributed by atoms with Gasteiger partial charge in [0, 0.05) is 46.2 Å². The van der Waals surface area contributed by atoms with Crippen LogP contribution in [0.4, 0.5) is 14.5 Å². The van der Waals surface area contributed by atoms with Gasteiger partial charge in [0.25, 0.3) is 5.91 Å². The van der Waals surface area contributed by atoms with Crippen molar-refractivity contribution in [3.05, 3.63) is 70.4 Å². The van der Waals surface area contributed by atoms with Gasteiger partial charge < -0.3 is 15.4 Å². The van der Waals surface area contributed by atoms with E-state index in [4.69, 9.17) is 9.37 Å². The van der Waals surface area contributed by atoms with Gasteiger partial charge in [-0.1, -0.05) is 25.1 Å². The normalized spacial score (nSPS) is 17.5. The number of halogens is 2. The molecule has 218 valence electrons. The molecule has 6 rings (SSSR count). The van der Waals surface area contributed by atoms with Crippen LogP contribution in [0.1, 0.15) is 71.7 Å². The number of ether oxygens (including phenoxy) is 1. The van der Waals surface area contributed by atoms with Crippen molar-refractivity contribution in [2.24, 2.45) is 5.41 Å². The quantitative estimate of drug-likeness (QED) is 0.289. The van der Waals surface area contributed by atoms with Gasteiger partial charge in [-0.05, 0) is 37.9 Å². The van der Waals surface area contributed by atoms with Crippen molar-refractivity contribution in [3.8, 4) is 17.0 Å². The molecule has 0 bridgehead atoms. The fraction of sp³-hybridized carbons (Fsp3) is 0.379. The zero-order chi connectivity index (χ0) is 29.8. The first-order valence-electron chi connectivity index (χ1n) is 13.6. The van der Waals surface area contributed by atoms with Crippen LogP contribution >= 0.6 is 0 Å².